The molecule has 0 amide bonds. The molecule has 0 unspecified atom stereocenters. The van der Waals surface area contributed by atoms with E-state index in [4.69, 9.17) is 23.8 Å². The molecule has 110 valence electrons. The number of rotatable bonds is 6. The van der Waals surface area contributed by atoms with Gasteiger partial charge in [0.1, 0.15) is 0 Å². The zero-order valence-corrected chi connectivity index (χ0v) is 13.3. The van der Waals surface area contributed by atoms with E-state index in [0.29, 0.717) is 0 Å². The van der Waals surface area contributed by atoms with Crippen molar-refractivity contribution in [2.24, 2.45) is 0 Å². The maximum atomic E-state index is 5.85. The SMILES string of the molecule is S=C(NCCCN1CCCC1)NCc1ccc(Cl)cc1. The molecule has 20 heavy (non-hydrogen) atoms. The second-order valence-corrected chi connectivity index (χ2v) is 5.98. The third-order valence-electron chi connectivity index (χ3n) is 3.50. The van der Waals surface area contributed by atoms with Crippen LogP contribution in [0.4, 0.5) is 0 Å². The van der Waals surface area contributed by atoms with Gasteiger partial charge in [-0.15, -0.1) is 0 Å². The first-order valence-electron chi connectivity index (χ1n) is 7.22. The Morgan fingerprint density at radius 2 is 1.85 bits per heavy atom. The molecule has 1 aromatic rings. The van der Waals surface area contributed by atoms with Crippen LogP contribution in [0.2, 0.25) is 5.02 Å². The molecule has 1 heterocycles. The summed E-state index contributed by atoms with van der Waals surface area (Å²) < 4.78 is 0. The highest BCUT2D eigenvalue weighted by Gasteiger charge is 2.10. The summed E-state index contributed by atoms with van der Waals surface area (Å²) in [6.45, 7) is 5.36. The van der Waals surface area contributed by atoms with Gasteiger partial charge in [-0.2, -0.15) is 0 Å². The average molecular weight is 312 g/mol. The fourth-order valence-corrected chi connectivity index (χ4v) is 2.66. The van der Waals surface area contributed by atoms with Gasteiger partial charge in [-0.05, 0) is 68.8 Å². The third kappa shape index (κ3) is 5.65. The first kappa shape index (κ1) is 15.5. The maximum absolute atomic E-state index is 5.85. The molecule has 5 heteroatoms. The second-order valence-electron chi connectivity index (χ2n) is 5.14. The largest absolute Gasteiger partial charge is 0.363 e. The first-order chi connectivity index (χ1) is 9.74. The number of likely N-dealkylation sites (tertiary alicyclic amines) is 1. The van der Waals surface area contributed by atoms with Crippen LogP contribution in [0.15, 0.2) is 24.3 Å². The Morgan fingerprint density at radius 3 is 2.55 bits per heavy atom. The van der Waals surface area contributed by atoms with Gasteiger partial charge in [-0.3, -0.25) is 0 Å². The molecule has 2 rings (SSSR count). The zero-order chi connectivity index (χ0) is 14.2. The fourth-order valence-electron chi connectivity index (χ4n) is 2.36. The number of hydrogen-bond acceptors (Lipinski definition) is 2. The van der Waals surface area contributed by atoms with Crippen LogP contribution in [0.1, 0.15) is 24.8 Å². The molecule has 0 saturated carbocycles. The van der Waals surface area contributed by atoms with Gasteiger partial charge in [0, 0.05) is 18.1 Å². The summed E-state index contributed by atoms with van der Waals surface area (Å²) in [6, 6.07) is 7.80. The monoisotopic (exact) mass is 311 g/mol. The van der Waals surface area contributed by atoms with Crippen LogP contribution in [-0.4, -0.2) is 36.2 Å². The van der Waals surface area contributed by atoms with E-state index in [1.54, 1.807) is 0 Å². The molecule has 3 nitrogen and oxygen atoms in total. The van der Waals surface area contributed by atoms with Gasteiger partial charge < -0.3 is 15.5 Å². The van der Waals surface area contributed by atoms with Crippen LogP contribution in [0, 0.1) is 0 Å². The maximum Gasteiger partial charge on any atom is 0.166 e. The number of benzene rings is 1. The predicted molar refractivity (Wildman–Crippen MR) is 89.2 cm³/mol. The molecule has 0 radical (unpaired) electrons. The average Bonchev–Trinajstić information content (AvgIpc) is 2.96. The molecule has 0 aromatic heterocycles. The van der Waals surface area contributed by atoms with Crippen LogP contribution in [0.25, 0.3) is 0 Å². The van der Waals surface area contributed by atoms with E-state index < -0.39 is 0 Å². The molecule has 1 aliphatic rings. The smallest absolute Gasteiger partial charge is 0.166 e. The number of nitrogens with one attached hydrogen (secondary N) is 2. The van der Waals surface area contributed by atoms with Crippen molar-refractivity contribution in [2.45, 2.75) is 25.8 Å². The standard InChI is InChI=1S/C15H22ClN3S/c16-14-6-4-13(5-7-14)12-18-15(20)17-8-3-11-19-9-1-2-10-19/h4-7H,1-3,8-12H2,(H2,17,18,20). The number of hydrogen-bond donors (Lipinski definition) is 2. The van der Waals surface area contributed by atoms with Gasteiger partial charge in [-0.25, -0.2) is 0 Å². The summed E-state index contributed by atoms with van der Waals surface area (Å²) >= 11 is 11.1. The Labute approximate surface area is 131 Å². The normalized spacial score (nSPS) is 15.2. The van der Waals surface area contributed by atoms with Gasteiger partial charge in [0.2, 0.25) is 0 Å². The summed E-state index contributed by atoms with van der Waals surface area (Å²) in [6.07, 6.45) is 3.85. The molecule has 0 bridgehead atoms. The van der Waals surface area contributed by atoms with Gasteiger partial charge in [0.25, 0.3) is 0 Å². The van der Waals surface area contributed by atoms with Crippen molar-refractivity contribution in [2.75, 3.05) is 26.2 Å². The first-order valence-corrected chi connectivity index (χ1v) is 8.01. The topological polar surface area (TPSA) is 27.3 Å². The Morgan fingerprint density at radius 1 is 1.15 bits per heavy atom. The summed E-state index contributed by atoms with van der Waals surface area (Å²) in [5.41, 5.74) is 1.18. The minimum absolute atomic E-state index is 0.723. The van der Waals surface area contributed by atoms with Crippen molar-refractivity contribution in [3.63, 3.8) is 0 Å². The zero-order valence-electron chi connectivity index (χ0n) is 11.7. The molecule has 1 aliphatic heterocycles. The van der Waals surface area contributed by atoms with Crippen molar-refractivity contribution in [1.82, 2.24) is 15.5 Å². The highest BCUT2D eigenvalue weighted by molar-refractivity contribution is 7.80. The molecular formula is C15H22ClN3S. The van der Waals surface area contributed by atoms with Crippen LogP contribution in [-0.2, 0) is 6.54 Å². The van der Waals surface area contributed by atoms with Crippen molar-refractivity contribution in [1.29, 1.82) is 0 Å². The van der Waals surface area contributed by atoms with Crippen LogP contribution >= 0.6 is 23.8 Å². The predicted octanol–water partition coefficient (Wildman–Crippen LogP) is 2.79. The minimum atomic E-state index is 0.723. The molecule has 1 fully saturated rings. The summed E-state index contributed by atoms with van der Waals surface area (Å²) in [5.74, 6) is 0. The fraction of sp³-hybridized carbons (Fsp3) is 0.533. The molecular weight excluding hydrogens is 290 g/mol. The van der Waals surface area contributed by atoms with E-state index in [0.717, 1.165) is 29.6 Å². The Bertz CT molecular complexity index is 416. The number of nitrogens with zero attached hydrogens (tertiary/aromatic N) is 1. The Balaban J connectivity index is 1.54. The summed E-state index contributed by atoms with van der Waals surface area (Å²) in [5, 5.41) is 7.95. The highest BCUT2D eigenvalue weighted by Crippen LogP contribution is 2.09. The van der Waals surface area contributed by atoms with E-state index >= 15 is 0 Å². The lowest BCUT2D eigenvalue weighted by atomic mass is 10.2. The van der Waals surface area contributed by atoms with Gasteiger partial charge >= 0.3 is 0 Å². The van der Waals surface area contributed by atoms with Gasteiger partial charge in [0.05, 0.1) is 0 Å². The lowest BCUT2D eigenvalue weighted by molar-refractivity contribution is 0.334. The molecule has 1 saturated heterocycles. The van der Waals surface area contributed by atoms with Gasteiger partial charge in [-0.1, -0.05) is 23.7 Å². The molecule has 0 atom stereocenters. The van der Waals surface area contributed by atoms with E-state index in [-0.39, 0.29) is 0 Å². The highest BCUT2D eigenvalue weighted by atomic mass is 35.5. The quantitative estimate of drug-likeness (QED) is 0.624. The molecule has 0 spiro atoms. The van der Waals surface area contributed by atoms with Crippen LogP contribution in [0.5, 0.6) is 0 Å². The lowest BCUT2D eigenvalue weighted by Gasteiger charge is -2.15. The van der Waals surface area contributed by atoms with Gasteiger partial charge in [0.15, 0.2) is 5.11 Å². The van der Waals surface area contributed by atoms with E-state index in [9.17, 15) is 0 Å². The third-order valence-corrected chi connectivity index (χ3v) is 4.04. The lowest BCUT2D eigenvalue weighted by Crippen LogP contribution is -2.36. The number of thiocarbonyl (C=S) groups is 1. The second kappa shape index (κ2) is 8.45. The van der Waals surface area contributed by atoms with Crippen LogP contribution in [0.3, 0.4) is 0 Å². The molecule has 2 N–H and O–H groups in total. The number of halogens is 1. The van der Waals surface area contributed by atoms with Crippen molar-refractivity contribution < 1.29 is 0 Å². The summed E-state index contributed by atoms with van der Waals surface area (Å²) in [4.78, 5) is 2.52. The molecule has 1 aromatic carbocycles. The summed E-state index contributed by atoms with van der Waals surface area (Å²) in [7, 11) is 0. The Kier molecular flexibility index (Phi) is 6.57. The van der Waals surface area contributed by atoms with E-state index in [1.807, 2.05) is 24.3 Å². The van der Waals surface area contributed by atoms with Crippen molar-refractivity contribution in [3.8, 4) is 0 Å². The van der Waals surface area contributed by atoms with Crippen molar-refractivity contribution in [3.05, 3.63) is 34.9 Å². The van der Waals surface area contributed by atoms with Crippen LogP contribution < -0.4 is 10.6 Å². The minimum Gasteiger partial charge on any atom is -0.363 e. The Hall–Kier alpha value is -0.840. The van der Waals surface area contributed by atoms with E-state index in [1.165, 1.54) is 38.0 Å². The molecule has 0 aliphatic carbocycles. The van der Waals surface area contributed by atoms with Crippen molar-refractivity contribution >= 4 is 28.9 Å². The van der Waals surface area contributed by atoms with E-state index in [2.05, 4.69) is 15.5 Å².